The quantitative estimate of drug-likeness (QED) is 0.814. The van der Waals surface area contributed by atoms with E-state index in [1.807, 2.05) is 6.07 Å². The Morgan fingerprint density at radius 2 is 2.00 bits per heavy atom. The summed E-state index contributed by atoms with van der Waals surface area (Å²) in [7, 11) is 0. The zero-order valence-corrected chi connectivity index (χ0v) is 14.1. The van der Waals surface area contributed by atoms with Crippen LogP contribution in [-0.2, 0) is 0 Å². The summed E-state index contributed by atoms with van der Waals surface area (Å²) in [5.74, 6) is -0.290. The Hall–Kier alpha value is -2.67. The maximum Gasteiger partial charge on any atom is 0.274 e. The lowest BCUT2D eigenvalue weighted by atomic mass is 9.92. The van der Waals surface area contributed by atoms with Crippen LogP contribution >= 0.6 is 11.6 Å². The average molecular weight is 358 g/mol. The lowest BCUT2D eigenvalue weighted by molar-refractivity contribution is 0.0634. The molecule has 2 aliphatic heterocycles. The van der Waals surface area contributed by atoms with E-state index in [9.17, 15) is 9.59 Å². The molecule has 2 N–H and O–H groups in total. The smallest absolute Gasteiger partial charge is 0.274 e. The Balaban J connectivity index is 1.49. The molecule has 7 nitrogen and oxygen atoms in total. The average Bonchev–Trinajstić information content (AvgIpc) is 2.63. The van der Waals surface area contributed by atoms with Gasteiger partial charge in [-0.2, -0.15) is 0 Å². The molecule has 1 saturated heterocycles. The fourth-order valence-corrected chi connectivity index (χ4v) is 3.47. The number of carbonyl (C=O) groups is 2. The van der Waals surface area contributed by atoms with E-state index in [0.29, 0.717) is 42.2 Å². The van der Waals surface area contributed by atoms with E-state index in [1.165, 1.54) is 18.6 Å². The molecule has 0 unspecified atom stereocenters. The lowest BCUT2D eigenvalue weighted by Gasteiger charge is -2.45. The van der Waals surface area contributed by atoms with Gasteiger partial charge >= 0.3 is 0 Å². The van der Waals surface area contributed by atoms with Gasteiger partial charge in [-0.3, -0.25) is 14.6 Å². The molecule has 0 bridgehead atoms. The summed E-state index contributed by atoms with van der Waals surface area (Å²) in [6, 6.07) is 5.22. The molecule has 4 rings (SSSR count). The van der Waals surface area contributed by atoms with Crippen LogP contribution in [0, 0.1) is 0 Å². The number of likely N-dealkylation sites (tertiary alicyclic amines) is 1. The first-order valence-electron chi connectivity index (χ1n) is 8.02. The minimum atomic E-state index is -0.545. The first kappa shape index (κ1) is 15.8. The molecule has 8 heteroatoms. The molecule has 2 amide bonds. The SMILES string of the molecule is O=C1NC2(CCN(C(=O)c3cnccn3)CC2)Nc2ccc(Cl)cc21. The number of amides is 2. The molecule has 2 aromatic rings. The van der Waals surface area contributed by atoms with Gasteiger partial charge in [-0.1, -0.05) is 11.6 Å². The summed E-state index contributed by atoms with van der Waals surface area (Å²) in [5, 5.41) is 6.98. The van der Waals surface area contributed by atoms with Crippen molar-refractivity contribution in [2.24, 2.45) is 0 Å². The molecule has 1 aromatic heterocycles. The van der Waals surface area contributed by atoms with Crippen LogP contribution in [0.4, 0.5) is 5.69 Å². The van der Waals surface area contributed by atoms with Crippen LogP contribution in [-0.4, -0.2) is 45.4 Å². The molecule has 25 heavy (non-hydrogen) atoms. The Bertz CT molecular complexity index is 834. The van der Waals surface area contributed by atoms with Crippen LogP contribution in [0.3, 0.4) is 0 Å². The highest BCUT2D eigenvalue weighted by Gasteiger charge is 2.41. The number of hydrogen-bond acceptors (Lipinski definition) is 5. The van der Waals surface area contributed by atoms with Crippen LogP contribution in [0.2, 0.25) is 5.02 Å². The second-order valence-corrected chi connectivity index (χ2v) is 6.67. The number of rotatable bonds is 1. The normalized spacial score (nSPS) is 18.3. The molecule has 0 saturated carbocycles. The molecule has 128 valence electrons. The molecule has 2 aliphatic rings. The molecule has 1 spiro atoms. The van der Waals surface area contributed by atoms with E-state index in [1.54, 1.807) is 17.0 Å². The predicted octanol–water partition coefficient (Wildman–Crippen LogP) is 1.92. The van der Waals surface area contributed by atoms with Crippen molar-refractivity contribution >= 4 is 29.1 Å². The van der Waals surface area contributed by atoms with Crippen molar-refractivity contribution in [1.82, 2.24) is 20.2 Å². The van der Waals surface area contributed by atoms with E-state index in [-0.39, 0.29) is 11.8 Å². The maximum absolute atomic E-state index is 12.5. The van der Waals surface area contributed by atoms with Crippen molar-refractivity contribution in [2.75, 3.05) is 18.4 Å². The topological polar surface area (TPSA) is 87.2 Å². The van der Waals surface area contributed by atoms with Gasteiger partial charge in [0.25, 0.3) is 11.8 Å². The van der Waals surface area contributed by atoms with Crippen molar-refractivity contribution in [3.8, 4) is 0 Å². The fraction of sp³-hybridized carbons (Fsp3) is 0.294. The highest BCUT2D eigenvalue weighted by molar-refractivity contribution is 6.31. The molecular weight excluding hydrogens is 342 g/mol. The van der Waals surface area contributed by atoms with Crippen LogP contribution in [0.5, 0.6) is 0 Å². The number of anilines is 1. The molecule has 0 radical (unpaired) electrons. The number of nitrogens with zero attached hydrogens (tertiary/aromatic N) is 3. The zero-order chi connectivity index (χ0) is 17.4. The van der Waals surface area contributed by atoms with Gasteiger partial charge in [-0.15, -0.1) is 0 Å². The number of carbonyl (C=O) groups excluding carboxylic acids is 2. The van der Waals surface area contributed by atoms with Crippen LogP contribution < -0.4 is 10.6 Å². The van der Waals surface area contributed by atoms with Gasteiger partial charge < -0.3 is 15.5 Å². The minimum Gasteiger partial charge on any atom is -0.362 e. The number of fused-ring (bicyclic) bond motifs is 1. The third kappa shape index (κ3) is 2.91. The number of benzene rings is 1. The highest BCUT2D eigenvalue weighted by Crippen LogP contribution is 2.32. The maximum atomic E-state index is 12.5. The standard InChI is InChI=1S/C17H16ClN5O2/c18-11-1-2-13-12(9-11)15(24)22-17(21-13)3-7-23(8-4-17)16(25)14-10-19-5-6-20-14/h1-2,5-6,9-10,21H,3-4,7-8H2,(H,22,24). The monoisotopic (exact) mass is 357 g/mol. The van der Waals surface area contributed by atoms with E-state index in [0.717, 1.165) is 5.69 Å². The van der Waals surface area contributed by atoms with Gasteiger partial charge in [-0.05, 0) is 18.2 Å². The third-order valence-corrected chi connectivity index (χ3v) is 4.87. The third-order valence-electron chi connectivity index (χ3n) is 4.64. The Kier molecular flexibility index (Phi) is 3.80. The predicted molar refractivity (Wildman–Crippen MR) is 92.4 cm³/mol. The van der Waals surface area contributed by atoms with Crippen molar-refractivity contribution in [3.05, 3.63) is 53.1 Å². The first-order valence-corrected chi connectivity index (χ1v) is 8.40. The van der Waals surface area contributed by atoms with E-state index < -0.39 is 5.66 Å². The van der Waals surface area contributed by atoms with Gasteiger partial charge in [-0.25, -0.2) is 4.98 Å². The molecule has 0 atom stereocenters. The minimum absolute atomic E-state index is 0.141. The van der Waals surface area contributed by atoms with Gasteiger partial charge in [0.15, 0.2) is 0 Å². The number of halogens is 1. The van der Waals surface area contributed by atoms with E-state index >= 15 is 0 Å². The number of aromatic nitrogens is 2. The Morgan fingerprint density at radius 3 is 2.72 bits per heavy atom. The molecule has 1 fully saturated rings. The zero-order valence-electron chi connectivity index (χ0n) is 13.3. The summed E-state index contributed by atoms with van der Waals surface area (Å²) >= 11 is 5.97. The van der Waals surface area contributed by atoms with Gasteiger partial charge in [0, 0.05) is 49.0 Å². The molecule has 0 aliphatic carbocycles. The summed E-state index contributed by atoms with van der Waals surface area (Å²) in [5.41, 5.74) is 1.09. The van der Waals surface area contributed by atoms with E-state index in [4.69, 9.17) is 11.6 Å². The number of nitrogens with one attached hydrogen (secondary N) is 2. The highest BCUT2D eigenvalue weighted by atomic mass is 35.5. The summed E-state index contributed by atoms with van der Waals surface area (Å²) in [4.78, 5) is 34.6. The molecular formula is C17H16ClN5O2. The van der Waals surface area contributed by atoms with Crippen LogP contribution in [0.15, 0.2) is 36.8 Å². The molecule has 1 aromatic carbocycles. The first-order chi connectivity index (χ1) is 12.1. The van der Waals surface area contributed by atoms with Crippen molar-refractivity contribution < 1.29 is 9.59 Å². The lowest BCUT2D eigenvalue weighted by Crippen LogP contribution is -2.62. The van der Waals surface area contributed by atoms with E-state index in [2.05, 4.69) is 20.6 Å². The second-order valence-electron chi connectivity index (χ2n) is 6.23. The summed E-state index contributed by atoms with van der Waals surface area (Å²) in [6.45, 7) is 1.04. The van der Waals surface area contributed by atoms with Crippen molar-refractivity contribution in [2.45, 2.75) is 18.5 Å². The van der Waals surface area contributed by atoms with Crippen LogP contribution in [0.1, 0.15) is 33.7 Å². The van der Waals surface area contributed by atoms with Gasteiger partial charge in [0.1, 0.15) is 11.4 Å². The van der Waals surface area contributed by atoms with Crippen LogP contribution in [0.25, 0.3) is 0 Å². The summed E-state index contributed by atoms with van der Waals surface area (Å²) in [6.07, 6.45) is 5.71. The fourth-order valence-electron chi connectivity index (χ4n) is 3.30. The van der Waals surface area contributed by atoms with Crippen molar-refractivity contribution in [3.63, 3.8) is 0 Å². The van der Waals surface area contributed by atoms with Crippen molar-refractivity contribution in [1.29, 1.82) is 0 Å². The summed E-state index contributed by atoms with van der Waals surface area (Å²) < 4.78 is 0. The Morgan fingerprint density at radius 1 is 1.20 bits per heavy atom. The second kappa shape index (κ2) is 6.00. The van der Waals surface area contributed by atoms with Gasteiger partial charge in [0.2, 0.25) is 0 Å². The molecule has 3 heterocycles. The number of piperidine rings is 1. The largest absolute Gasteiger partial charge is 0.362 e. The van der Waals surface area contributed by atoms with Gasteiger partial charge in [0.05, 0.1) is 11.8 Å². The Labute approximate surface area is 149 Å². The number of hydrogen-bond donors (Lipinski definition) is 2.